The number of rotatable bonds is 4. The van der Waals surface area contributed by atoms with E-state index in [9.17, 15) is 9.50 Å². The maximum atomic E-state index is 13.1. The molecule has 0 unspecified atom stereocenters. The van der Waals surface area contributed by atoms with Crippen LogP contribution in [0, 0.1) is 11.2 Å². The Kier molecular flexibility index (Phi) is 3.56. The van der Waals surface area contributed by atoms with E-state index in [0.717, 1.165) is 25.7 Å². The molecule has 0 atom stereocenters. The van der Waals surface area contributed by atoms with Crippen LogP contribution in [0.2, 0.25) is 0 Å². The number of hydrogen-bond acceptors (Lipinski definition) is 4. The largest absolute Gasteiger partial charge is 0.396 e. The first-order valence-corrected chi connectivity index (χ1v) is 7.07. The lowest BCUT2D eigenvalue weighted by Crippen LogP contribution is -2.35. The summed E-state index contributed by atoms with van der Waals surface area (Å²) in [6, 6.07) is 2.96. The van der Waals surface area contributed by atoms with Gasteiger partial charge in [0.1, 0.15) is 5.82 Å². The third kappa shape index (κ3) is 2.60. The van der Waals surface area contributed by atoms with Crippen LogP contribution in [0.4, 0.5) is 10.3 Å². The van der Waals surface area contributed by atoms with Crippen LogP contribution >= 0.6 is 0 Å². The van der Waals surface area contributed by atoms with Crippen molar-refractivity contribution < 1.29 is 9.50 Å². The monoisotopic (exact) mass is 278 g/mol. The predicted molar refractivity (Wildman–Crippen MR) is 74.0 cm³/mol. The standard InChI is InChI=1S/C14H19FN4O/c15-11-4-5-12-17-13(18-19(12)8-11)16-9-14(10-20)6-2-1-3-7-14/h4-5,8,20H,1-3,6-7,9-10H2,(H,16,18). The number of anilines is 1. The zero-order chi connectivity index (χ0) is 14.0. The van der Waals surface area contributed by atoms with Crippen molar-refractivity contribution in [2.75, 3.05) is 18.5 Å². The SMILES string of the molecule is OCC1(CNc2nc3ccc(F)cn3n2)CCCCC1. The van der Waals surface area contributed by atoms with Crippen molar-refractivity contribution >= 4 is 11.6 Å². The number of pyridine rings is 1. The van der Waals surface area contributed by atoms with Gasteiger partial charge in [-0.05, 0) is 25.0 Å². The fourth-order valence-electron chi connectivity index (χ4n) is 2.89. The number of aromatic nitrogens is 3. The molecule has 0 spiro atoms. The highest BCUT2D eigenvalue weighted by atomic mass is 19.1. The average Bonchev–Trinajstić information content (AvgIpc) is 2.88. The summed E-state index contributed by atoms with van der Waals surface area (Å²) in [7, 11) is 0. The molecule has 1 aliphatic rings. The fraction of sp³-hybridized carbons (Fsp3) is 0.571. The van der Waals surface area contributed by atoms with Crippen LogP contribution in [0.25, 0.3) is 5.65 Å². The molecular weight excluding hydrogens is 259 g/mol. The van der Waals surface area contributed by atoms with Gasteiger partial charge in [0, 0.05) is 12.0 Å². The lowest BCUT2D eigenvalue weighted by molar-refractivity contribution is 0.0942. The van der Waals surface area contributed by atoms with Crippen molar-refractivity contribution in [3.63, 3.8) is 0 Å². The molecule has 108 valence electrons. The lowest BCUT2D eigenvalue weighted by atomic mass is 9.74. The highest BCUT2D eigenvalue weighted by Gasteiger charge is 2.31. The number of hydrogen-bond donors (Lipinski definition) is 2. The minimum atomic E-state index is -0.340. The number of nitrogens with one attached hydrogen (secondary N) is 1. The zero-order valence-electron chi connectivity index (χ0n) is 11.3. The lowest BCUT2D eigenvalue weighted by Gasteiger charge is -2.35. The fourth-order valence-corrected chi connectivity index (χ4v) is 2.89. The molecule has 2 heterocycles. The van der Waals surface area contributed by atoms with E-state index in [1.807, 2.05) is 0 Å². The maximum absolute atomic E-state index is 13.1. The number of nitrogens with zero attached hydrogens (tertiary/aromatic N) is 3. The van der Waals surface area contributed by atoms with Crippen molar-refractivity contribution in [1.29, 1.82) is 0 Å². The predicted octanol–water partition coefficient (Wildman–Crippen LogP) is 2.22. The van der Waals surface area contributed by atoms with Crippen molar-refractivity contribution in [3.05, 3.63) is 24.1 Å². The van der Waals surface area contributed by atoms with Gasteiger partial charge in [-0.2, -0.15) is 4.98 Å². The van der Waals surface area contributed by atoms with E-state index in [0.29, 0.717) is 18.1 Å². The van der Waals surface area contributed by atoms with Crippen LogP contribution in [0.5, 0.6) is 0 Å². The number of aliphatic hydroxyl groups is 1. The Hall–Kier alpha value is -1.69. The zero-order valence-corrected chi connectivity index (χ0v) is 11.3. The number of fused-ring (bicyclic) bond motifs is 1. The van der Waals surface area contributed by atoms with Crippen LogP contribution in [-0.4, -0.2) is 32.9 Å². The van der Waals surface area contributed by atoms with Gasteiger partial charge >= 0.3 is 0 Å². The van der Waals surface area contributed by atoms with Gasteiger partial charge in [0.2, 0.25) is 5.95 Å². The number of halogens is 1. The molecule has 0 aliphatic heterocycles. The second kappa shape index (κ2) is 5.36. The Morgan fingerprint density at radius 1 is 1.30 bits per heavy atom. The normalized spacial score (nSPS) is 18.3. The van der Waals surface area contributed by atoms with Gasteiger partial charge in [-0.1, -0.05) is 19.3 Å². The summed E-state index contributed by atoms with van der Waals surface area (Å²) in [5.74, 6) is 0.141. The smallest absolute Gasteiger partial charge is 0.243 e. The molecule has 1 aliphatic carbocycles. The van der Waals surface area contributed by atoms with Gasteiger partial charge in [-0.15, -0.1) is 5.10 Å². The van der Waals surface area contributed by atoms with Crippen molar-refractivity contribution in [2.45, 2.75) is 32.1 Å². The van der Waals surface area contributed by atoms with E-state index in [-0.39, 0.29) is 17.8 Å². The highest BCUT2D eigenvalue weighted by molar-refractivity contribution is 5.43. The van der Waals surface area contributed by atoms with Crippen molar-refractivity contribution in [2.24, 2.45) is 5.41 Å². The van der Waals surface area contributed by atoms with Gasteiger partial charge < -0.3 is 10.4 Å². The van der Waals surface area contributed by atoms with Crippen LogP contribution in [-0.2, 0) is 0 Å². The molecule has 6 heteroatoms. The Balaban J connectivity index is 1.72. The van der Waals surface area contributed by atoms with E-state index >= 15 is 0 Å². The van der Waals surface area contributed by atoms with Gasteiger partial charge in [-0.3, -0.25) is 0 Å². The summed E-state index contributed by atoms with van der Waals surface area (Å²) in [4.78, 5) is 4.30. The molecule has 0 aromatic carbocycles. The Labute approximate surface area is 116 Å². The Morgan fingerprint density at radius 2 is 2.10 bits per heavy atom. The molecular formula is C14H19FN4O. The first kappa shape index (κ1) is 13.3. The third-order valence-electron chi connectivity index (χ3n) is 4.17. The molecule has 0 saturated heterocycles. The molecule has 5 nitrogen and oxygen atoms in total. The summed E-state index contributed by atoms with van der Waals surface area (Å²) in [6.07, 6.45) is 6.92. The summed E-state index contributed by atoms with van der Waals surface area (Å²) >= 11 is 0. The van der Waals surface area contributed by atoms with E-state index in [4.69, 9.17) is 0 Å². The highest BCUT2D eigenvalue weighted by Crippen LogP contribution is 2.35. The molecule has 0 bridgehead atoms. The van der Waals surface area contributed by atoms with Crippen LogP contribution in [0.1, 0.15) is 32.1 Å². The molecule has 20 heavy (non-hydrogen) atoms. The molecule has 1 fully saturated rings. The quantitative estimate of drug-likeness (QED) is 0.900. The second-order valence-corrected chi connectivity index (χ2v) is 5.66. The molecule has 2 aromatic heterocycles. The van der Waals surface area contributed by atoms with Gasteiger partial charge in [0.05, 0.1) is 12.8 Å². The van der Waals surface area contributed by atoms with Crippen LogP contribution < -0.4 is 5.32 Å². The number of aliphatic hydroxyl groups excluding tert-OH is 1. The topological polar surface area (TPSA) is 62.5 Å². The van der Waals surface area contributed by atoms with Crippen molar-refractivity contribution in [1.82, 2.24) is 14.6 Å². The minimum absolute atomic E-state index is 0.0685. The molecule has 2 aromatic rings. The van der Waals surface area contributed by atoms with Gasteiger partial charge in [0.15, 0.2) is 5.65 Å². The van der Waals surface area contributed by atoms with Gasteiger partial charge in [-0.25, -0.2) is 8.91 Å². The Morgan fingerprint density at radius 3 is 2.85 bits per heavy atom. The maximum Gasteiger partial charge on any atom is 0.243 e. The molecule has 0 radical (unpaired) electrons. The summed E-state index contributed by atoms with van der Waals surface area (Å²) in [5.41, 5.74) is 0.539. The van der Waals surface area contributed by atoms with E-state index < -0.39 is 0 Å². The van der Waals surface area contributed by atoms with Gasteiger partial charge in [0.25, 0.3) is 0 Å². The first-order valence-electron chi connectivity index (χ1n) is 7.07. The summed E-state index contributed by atoms with van der Waals surface area (Å²) < 4.78 is 14.5. The average molecular weight is 278 g/mol. The Bertz CT molecular complexity index is 592. The third-order valence-corrected chi connectivity index (χ3v) is 4.17. The van der Waals surface area contributed by atoms with E-state index in [1.54, 1.807) is 6.07 Å². The summed E-state index contributed by atoms with van der Waals surface area (Å²) in [5, 5.41) is 17.0. The molecule has 2 N–H and O–H groups in total. The first-order chi connectivity index (χ1) is 9.71. The second-order valence-electron chi connectivity index (χ2n) is 5.66. The molecule has 0 amide bonds. The minimum Gasteiger partial charge on any atom is -0.396 e. The van der Waals surface area contributed by atoms with Crippen LogP contribution in [0.15, 0.2) is 18.3 Å². The molecule has 3 rings (SSSR count). The molecule has 1 saturated carbocycles. The van der Waals surface area contributed by atoms with E-state index in [1.165, 1.54) is 23.2 Å². The summed E-state index contributed by atoms with van der Waals surface area (Å²) in [6.45, 7) is 0.838. The van der Waals surface area contributed by atoms with Crippen LogP contribution in [0.3, 0.4) is 0 Å². The van der Waals surface area contributed by atoms with Crippen molar-refractivity contribution in [3.8, 4) is 0 Å². The van der Waals surface area contributed by atoms with E-state index in [2.05, 4.69) is 15.4 Å².